The Morgan fingerprint density at radius 2 is 1.96 bits per heavy atom. The van der Waals surface area contributed by atoms with Crippen molar-refractivity contribution in [1.82, 2.24) is 10.6 Å². The summed E-state index contributed by atoms with van der Waals surface area (Å²) in [6, 6.07) is 12.2. The van der Waals surface area contributed by atoms with Crippen LogP contribution in [0.3, 0.4) is 0 Å². The number of rotatable bonds is 7. The summed E-state index contributed by atoms with van der Waals surface area (Å²) < 4.78 is 5.71. The summed E-state index contributed by atoms with van der Waals surface area (Å²) >= 11 is 0. The Morgan fingerprint density at radius 1 is 1.17 bits per heavy atom. The molecule has 0 aromatic heterocycles. The molecule has 24 heavy (non-hydrogen) atoms. The second kappa shape index (κ2) is 8.46. The molecule has 3 heteroatoms. The smallest absolute Gasteiger partial charge is 0.0623 e. The zero-order valence-electron chi connectivity index (χ0n) is 15.4. The van der Waals surface area contributed by atoms with Crippen LogP contribution in [0.25, 0.3) is 0 Å². The topological polar surface area (TPSA) is 33.3 Å². The van der Waals surface area contributed by atoms with E-state index in [-0.39, 0.29) is 5.41 Å². The van der Waals surface area contributed by atoms with E-state index in [1.807, 2.05) is 0 Å². The highest BCUT2D eigenvalue weighted by Crippen LogP contribution is 2.34. The Labute approximate surface area is 147 Å². The van der Waals surface area contributed by atoms with Crippen LogP contribution in [0.2, 0.25) is 0 Å². The van der Waals surface area contributed by atoms with Gasteiger partial charge in [0.2, 0.25) is 0 Å². The zero-order chi connectivity index (χ0) is 16.8. The van der Waals surface area contributed by atoms with Crippen LogP contribution in [0.5, 0.6) is 0 Å². The average molecular weight is 331 g/mol. The Kier molecular flexibility index (Phi) is 6.31. The van der Waals surface area contributed by atoms with Crippen LogP contribution >= 0.6 is 0 Å². The average Bonchev–Trinajstić information content (AvgIpc) is 3.13. The van der Waals surface area contributed by atoms with Gasteiger partial charge in [-0.3, -0.25) is 0 Å². The number of benzene rings is 1. The first-order chi connectivity index (χ1) is 11.8. The number of hydrogen-bond acceptors (Lipinski definition) is 3. The molecule has 0 spiro atoms. The SMILES string of the molecule is CCC(CC)(CNC1CCCC1C1COCCN1)c1ccccc1. The Balaban J connectivity index is 1.65. The van der Waals surface area contributed by atoms with Crippen LogP contribution in [0.1, 0.15) is 51.5 Å². The van der Waals surface area contributed by atoms with E-state index in [0.29, 0.717) is 18.0 Å². The Hall–Kier alpha value is -0.900. The second-order valence-corrected chi connectivity index (χ2v) is 7.57. The van der Waals surface area contributed by atoms with E-state index in [9.17, 15) is 0 Å². The summed E-state index contributed by atoms with van der Waals surface area (Å²) in [6.07, 6.45) is 6.35. The molecule has 1 aromatic carbocycles. The van der Waals surface area contributed by atoms with E-state index >= 15 is 0 Å². The molecule has 0 radical (unpaired) electrons. The minimum absolute atomic E-state index is 0.255. The summed E-state index contributed by atoms with van der Waals surface area (Å²) in [4.78, 5) is 0. The second-order valence-electron chi connectivity index (χ2n) is 7.57. The maximum absolute atomic E-state index is 5.71. The number of ether oxygens (including phenoxy) is 1. The van der Waals surface area contributed by atoms with Crippen molar-refractivity contribution in [2.24, 2.45) is 5.92 Å². The molecule has 1 saturated carbocycles. The molecular formula is C21H34N2O. The van der Waals surface area contributed by atoms with Crippen LogP contribution in [-0.2, 0) is 10.2 Å². The van der Waals surface area contributed by atoms with E-state index in [4.69, 9.17) is 4.74 Å². The van der Waals surface area contributed by atoms with Gasteiger partial charge in [0.05, 0.1) is 13.2 Å². The molecule has 1 aliphatic heterocycles. The van der Waals surface area contributed by atoms with Gasteiger partial charge in [-0.25, -0.2) is 0 Å². The molecule has 2 fully saturated rings. The van der Waals surface area contributed by atoms with E-state index in [1.54, 1.807) is 0 Å². The molecule has 1 aromatic rings. The fourth-order valence-corrected chi connectivity index (χ4v) is 4.71. The van der Waals surface area contributed by atoms with E-state index in [2.05, 4.69) is 54.8 Å². The molecule has 2 aliphatic rings. The Bertz CT molecular complexity index is 480. The molecule has 3 unspecified atom stereocenters. The monoisotopic (exact) mass is 330 g/mol. The van der Waals surface area contributed by atoms with Gasteiger partial charge in [0.25, 0.3) is 0 Å². The highest BCUT2D eigenvalue weighted by Gasteiger charge is 2.36. The first-order valence-electron chi connectivity index (χ1n) is 9.89. The van der Waals surface area contributed by atoms with Crippen molar-refractivity contribution in [3.63, 3.8) is 0 Å². The third-order valence-corrected chi connectivity index (χ3v) is 6.48. The van der Waals surface area contributed by atoms with Gasteiger partial charge in [0.1, 0.15) is 0 Å². The van der Waals surface area contributed by atoms with Gasteiger partial charge in [0.15, 0.2) is 0 Å². The van der Waals surface area contributed by atoms with Crippen LogP contribution in [0.4, 0.5) is 0 Å². The zero-order valence-corrected chi connectivity index (χ0v) is 15.4. The highest BCUT2D eigenvalue weighted by molar-refractivity contribution is 5.25. The molecular weight excluding hydrogens is 296 g/mol. The van der Waals surface area contributed by atoms with E-state index in [1.165, 1.54) is 37.7 Å². The summed E-state index contributed by atoms with van der Waals surface area (Å²) in [5.41, 5.74) is 1.74. The van der Waals surface area contributed by atoms with Crippen LogP contribution in [-0.4, -0.2) is 38.4 Å². The van der Waals surface area contributed by atoms with Crippen LogP contribution in [0, 0.1) is 5.92 Å². The standard InChI is InChI=1S/C21H34N2O/c1-3-21(4-2,17-9-6-5-7-10-17)16-23-19-12-8-11-18(19)20-15-24-14-13-22-20/h5-7,9-10,18-20,22-23H,3-4,8,11-16H2,1-2H3. The molecule has 3 rings (SSSR count). The first-order valence-corrected chi connectivity index (χ1v) is 9.89. The lowest BCUT2D eigenvalue weighted by Gasteiger charge is -2.37. The maximum Gasteiger partial charge on any atom is 0.0623 e. The van der Waals surface area contributed by atoms with Gasteiger partial charge in [-0.15, -0.1) is 0 Å². The van der Waals surface area contributed by atoms with E-state index in [0.717, 1.165) is 26.3 Å². The lowest BCUT2D eigenvalue weighted by Crippen LogP contribution is -2.52. The molecule has 3 nitrogen and oxygen atoms in total. The minimum atomic E-state index is 0.255. The summed E-state index contributed by atoms with van der Waals surface area (Å²) in [7, 11) is 0. The van der Waals surface area contributed by atoms with Crippen LogP contribution < -0.4 is 10.6 Å². The largest absolute Gasteiger partial charge is 0.379 e. The third-order valence-electron chi connectivity index (χ3n) is 6.48. The van der Waals surface area contributed by atoms with Gasteiger partial charge >= 0.3 is 0 Å². The minimum Gasteiger partial charge on any atom is -0.379 e. The van der Waals surface area contributed by atoms with Crippen molar-refractivity contribution in [1.29, 1.82) is 0 Å². The van der Waals surface area contributed by atoms with Crippen LogP contribution in [0.15, 0.2) is 30.3 Å². The number of nitrogens with one attached hydrogen (secondary N) is 2. The summed E-state index contributed by atoms with van der Waals surface area (Å²) in [5, 5.41) is 7.66. The van der Waals surface area contributed by atoms with Crippen molar-refractivity contribution in [2.45, 2.75) is 63.5 Å². The van der Waals surface area contributed by atoms with Crippen molar-refractivity contribution >= 4 is 0 Å². The van der Waals surface area contributed by atoms with Gasteiger partial charge in [-0.2, -0.15) is 0 Å². The third kappa shape index (κ3) is 3.84. The number of morpholine rings is 1. The Morgan fingerprint density at radius 3 is 2.62 bits per heavy atom. The first kappa shape index (κ1) is 17.9. The van der Waals surface area contributed by atoms with Crippen molar-refractivity contribution in [3.8, 4) is 0 Å². The van der Waals surface area contributed by atoms with Gasteiger partial charge in [0, 0.05) is 30.6 Å². The maximum atomic E-state index is 5.71. The lowest BCUT2D eigenvalue weighted by molar-refractivity contribution is 0.0520. The summed E-state index contributed by atoms with van der Waals surface area (Å²) in [5.74, 6) is 0.715. The molecule has 1 saturated heterocycles. The van der Waals surface area contributed by atoms with Crippen molar-refractivity contribution < 1.29 is 4.74 Å². The molecule has 1 heterocycles. The normalized spacial score (nSPS) is 28.2. The van der Waals surface area contributed by atoms with Crippen molar-refractivity contribution in [3.05, 3.63) is 35.9 Å². The predicted octanol–water partition coefficient (Wildman–Crippen LogP) is 3.49. The molecule has 2 N–H and O–H groups in total. The fourth-order valence-electron chi connectivity index (χ4n) is 4.71. The molecule has 3 atom stereocenters. The van der Waals surface area contributed by atoms with E-state index < -0.39 is 0 Å². The molecule has 134 valence electrons. The molecule has 0 amide bonds. The van der Waals surface area contributed by atoms with Gasteiger partial charge in [-0.05, 0) is 37.2 Å². The van der Waals surface area contributed by atoms with Crippen molar-refractivity contribution in [2.75, 3.05) is 26.3 Å². The number of hydrogen-bond donors (Lipinski definition) is 2. The molecule has 1 aliphatic carbocycles. The fraction of sp³-hybridized carbons (Fsp3) is 0.714. The summed E-state index contributed by atoms with van der Waals surface area (Å²) in [6.45, 7) is 8.50. The van der Waals surface area contributed by atoms with Gasteiger partial charge in [-0.1, -0.05) is 50.6 Å². The van der Waals surface area contributed by atoms with Gasteiger partial charge < -0.3 is 15.4 Å². The predicted molar refractivity (Wildman–Crippen MR) is 100 cm³/mol. The highest BCUT2D eigenvalue weighted by atomic mass is 16.5. The molecule has 0 bridgehead atoms. The quantitative estimate of drug-likeness (QED) is 0.803. The lowest BCUT2D eigenvalue weighted by atomic mass is 9.75.